The number of carbonyl (C=O) groups is 1. The Hall–Kier alpha value is -0.670. The topological polar surface area (TPSA) is 101 Å². The Bertz CT molecular complexity index is 584. The molecule has 0 aromatic heterocycles. The molecule has 0 aromatic carbocycles. The van der Waals surface area contributed by atoms with Gasteiger partial charge in [-0.2, -0.15) is 0 Å². The van der Waals surface area contributed by atoms with Gasteiger partial charge >= 0.3 is 0 Å². The monoisotopic (exact) mass is 324 g/mol. The third-order valence-corrected chi connectivity index (χ3v) is 7.44. The molecular weight excluding hydrogens is 304 g/mol. The molecular formula is C11H20N2O5S2. The van der Waals surface area contributed by atoms with Crippen molar-refractivity contribution in [2.24, 2.45) is 0 Å². The number of sulfone groups is 2. The molecule has 0 saturated carbocycles. The van der Waals surface area contributed by atoms with Crippen molar-refractivity contribution in [1.29, 1.82) is 0 Å². The van der Waals surface area contributed by atoms with Gasteiger partial charge in [0.05, 0.1) is 29.6 Å². The van der Waals surface area contributed by atoms with Gasteiger partial charge in [0.15, 0.2) is 19.7 Å². The summed E-state index contributed by atoms with van der Waals surface area (Å²) in [6, 6.07) is -0.439. The Labute approximate surface area is 119 Å². The molecule has 20 heavy (non-hydrogen) atoms. The Morgan fingerprint density at radius 3 is 2.20 bits per heavy atom. The Kier molecular flexibility index (Phi) is 4.41. The van der Waals surface area contributed by atoms with Crippen molar-refractivity contribution < 1.29 is 21.6 Å². The molecule has 0 radical (unpaired) electrons. The predicted octanol–water partition coefficient (Wildman–Crippen LogP) is -1.59. The summed E-state index contributed by atoms with van der Waals surface area (Å²) in [6.45, 7) is 0.0488. The third-order valence-electron chi connectivity index (χ3n) is 3.92. The minimum absolute atomic E-state index is 0.0209. The molecule has 9 heteroatoms. The highest BCUT2D eigenvalue weighted by atomic mass is 32.2. The molecule has 2 heterocycles. The van der Waals surface area contributed by atoms with Gasteiger partial charge in [0.1, 0.15) is 0 Å². The van der Waals surface area contributed by atoms with E-state index in [2.05, 4.69) is 5.32 Å². The Morgan fingerprint density at radius 2 is 1.70 bits per heavy atom. The van der Waals surface area contributed by atoms with Crippen molar-refractivity contribution >= 4 is 25.6 Å². The maximum absolute atomic E-state index is 12.0. The van der Waals surface area contributed by atoms with E-state index in [1.54, 1.807) is 7.05 Å². The Balaban J connectivity index is 1.81. The highest BCUT2D eigenvalue weighted by Gasteiger charge is 2.33. The van der Waals surface area contributed by atoms with Crippen molar-refractivity contribution in [3.05, 3.63) is 0 Å². The minimum atomic E-state index is -3.01. The molecule has 116 valence electrons. The molecule has 0 aromatic rings. The number of amides is 1. The van der Waals surface area contributed by atoms with Crippen molar-refractivity contribution in [2.75, 3.05) is 36.6 Å². The van der Waals surface area contributed by atoms with Crippen LogP contribution in [-0.4, -0.2) is 76.3 Å². The van der Waals surface area contributed by atoms with Crippen LogP contribution >= 0.6 is 0 Å². The highest BCUT2D eigenvalue weighted by molar-refractivity contribution is 7.91. The van der Waals surface area contributed by atoms with Gasteiger partial charge in [-0.1, -0.05) is 0 Å². The summed E-state index contributed by atoms with van der Waals surface area (Å²) in [5.74, 6) is 0.185. The van der Waals surface area contributed by atoms with Crippen LogP contribution in [0.25, 0.3) is 0 Å². The van der Waals surface area contributed by atoms with Crippen LogP contribution < -0.4 is 5.32 Å². The van der Waals surface area contributed by atoms with Gasteiger partial charge in [-0.15, -0.1) is 0 Å². The van der Waals surface area contributed by atoms with E-state index in [9.17, 15) is 21.6 Å². The molecule has 0 unspecified atom stereocenters. The van der Waals surface area contributed by atoms with Crippen LogP contribution in [0.1, 0.15) is 12.8 Å². The van der Waals surface area contributed by atoms with Crippen LogP contribution in [0.5, 0.6) is 0 Å². The van der Waals surface area contributed by atoms with Gasteiger partial charge in [-0.05, 0) is 12.8 Å². The second-order valence-corrected chi connectivity index (χ2v) is 10.00. The van der Waals surface area contributed by atoms with Crippen LogP contribution in [-0.2, 0) is 24.5 Å². The summed E-state index contributed by atoms with van der Waals surface area (Å²) < 4.78 is 45.4. The van der Waals surface area contributed by atoms with Crippen LogP contribution in [0.2, 0.25) is 0 Å². The molecule has 2 atom stereocenters. The molecule has 7 nitrogen and oxygen atoms in total. The van der Waals surface area contributed by atoms with Crippen LogP contribution in [0.3, 0.4) is 0 Å². The molecule has 2 aliphatic rings. The first-order valence-corrected chi connectivity index (χ1v) is 10.2. The van der Waals surface area contributed by atoms with Gasteiger partial charge in [0.2, 0.25) is 5.91 Å². The number of hydrogen-bond donors (Lipinski definition) is 1. The van der Waals surface area contributed by atoms with Crippen molar-refractivity contribution in [1.82, 2.24) is 10.2 Å². The lowest BCUT2D eigenvalue weighted by Crippen LogP contribution is -2.45. The van der Waals surface area contributed by atoms with E-state index in [0.717, 1.165) is 0 Å². The molecule has 2 fully saturated rings. The summed E-state index contributed by atoms with van der Waals surface area (Å²) in [5.41, 5.74) is 0. The van der Waals surface area contributed by atoms with Gasteiger partial charge in [0.25, 0.3) is 0 Å². The maximum Gasteiger partial charge on any atom is 0.236 e. The first-order valence-electron chi connectivity index (χ1n) is 6.58. The number of carbonyl (C=O) groups excluding carboxylic acids is 1. The van der Waals surface area contributed by atoms with Crippen molar-refractivity contribution in [3.63, 3.8) is 0 Å². The first kappa shape index (κ1) is 15.7. The minimum Gasteiger partial charge on any atom is -0.341 e. The molecule has 2 aliphatic heterocycles. The maximum atomic E-state index is 12.0. The van der Waals surface area contributed by atoms with E-state index >= 15 is 0 Å². The molecule has 2 rings (SSSR count). The van der Waals surface area contributed by atoms with E-state index in [1.807, 2.05) is 0 Å². The molecule has 1 N–H and O–H groups in total. The summed E-state index contributed by atoms with van der Waals surface area (Å²) in [4.78, 5) is 13.4. The van der Waals surface area contributed by atoms with Gasteiger partial charge in [-0.3, -0.25) is 4.79 Å². The predicted molar refractivity (Wildman–Crippen MR) is 74.9 cm³/mol. The standard InChI is InChI=1S/C11H20N2O5S2/c1-13(10-3-5-20(17,18)8-10)11(14)6-12-9-2-4-19(15,16)7-9/h9-10,12H,2-8H2,1H3/t9-,10+/m1/s1. The number of nitrogens with zero attached hydrogens (tertiary/aromatic N) is 1. The fraction of sp³-hybridized carbons (Fsp3) is 0.909. The average molecular weight is 324 g/mol. The number of nitrogens with one attached hydrogen (secondary N) is 1. The zero-order chi connectivity index (χ0) is 15.0. The molecule has 0 spiro atoms. The second-order valence-electron chi connectivity index (χ2n) is 5.54. The average Bonchev–Trinajstić information content (AvgIpc) is 2.87. The molecule has 0 bridgehead atoms. The Morgan fingerprint density at radius 1 is 1.10 bits per heavy atom. The van der Waals surface area contributed by atoms with E-state index in [1.165, 1.54) is 4.90 Å². The zero-order valence-electron chi connectivity index (χ0n) is 11.4. The zero-order valence-corrected chi connectivity index (χ0v) is 13.0. The molecule has 2 saturated heterocycles. The van der Waals surface area contributed by atoms with Gasteiger partial charge in [-0.25, -0.2) is 16.8 Å². The van der Waals surface area contributed by atoms with Crippen LogP contribution in [0.4, 0.5) is 0 Å². The van der Waals surface area contributed by atoms with Gasteiger partial charge in [0, 0.05) is 19.1 Å². The quantitative estimate of drug-likeness (QED) is 0.669. The summed E-state index contributed by atoms with van der Waals surface area (Å²) in [5, 5.41) is 2.94. The lowest BCUT2D eigenvalue weighted by molar-refractivity contribution is -0.130. The van der Waals surface area contributed by atoms with Gasteiger partial charge < -0.3 is 10.2 Å². The lowest BCUT2D eigenvalue weighted by atomic mass is 10.2. The van der Waals surface area contributed by atoms with Crippen molar-refractivity contribution in [2.45, 2.75) is 24.9 Å². The fourth-order valence-corrected chi connectivity index (χ4v) is 6.08. The third kappa shape index (κ3) is 3.92. The highest BCUT2D eigenvalue weighted by Crippen LogP contribution is 2.16. The number of hydrogen-bond acceptors (Lipinski definition) is 6. The SMILES string of the molecule is CN(C(=O)CN[C@@H]1CCS(=O)(=O)C1)[C@H]1CCS(=O)(=O)C1. The van der Waals surface area contributed by atoms with Crippen molar-refractivity contribution in [3.8, 4) is 0 Å². The van der Waals surface area contributed by atoms with Crippen LogP contribution in [0, 0.1) is 0 Å². The normalized spacial score (nSPS) is 31.2. The second kappa shape index (κ2) is 5.61. The fourth-order valence-electron chi connectivity index (χ4n) is 2.60. The molecule has 0 aliphatic carbocycles. The summed E-state index contributed by atoms with van der Waals surface area (Å²) in [7, 11) is -4.38. The molecule has 1 amide bonds. The van der Waals surface area contributed by atoms with E-state index in [0.29, 0.717) is 12.8 Å². The van der Waals surface area contributed by atoms with E-state index in [-0.39, 0.29) is 47.5 Å². The van der Waals surface area contributed by atoms with Crippen LogP contribution in [0.15, 0.2) is 0 Å². The van der Waals surface area contributed by atoms with E-state index < -0.39 is 19.7 Å². The summed E-state index contributed by atoms with van der Waals surface area (Å²) in [6.07, 6.45) is 1.000. The first-order chi connectivity index (χ1) is 9.19. The van der Waals surface area contributed by atoms with E-state index in [4.69, 9.17) is 0 Å². The smallest absolute Gasteiger partial charge is 0.236 e. The lowest BCUT2D eigenvalue weighted by Gasteiger charge is -2.24. The largest absolute Gasteiger partial charge is 0.341 e. The summed E-state index contributed by atoms with van der Waals surface area (Å²) >= 11 is 0. The number of likely N-dealkylation sites (N-methyl/N-ethyl adjacent to an activating group) is 1. The number of rotatable bonds is 4.